The number of esters is 1. The van der Waals surface area contributed by atoms with Crippen molar-refractivity contribution in [2.24, 2.45) is 0 Å². The summed E-state index contributed by atoms with van der Waals surface area (Å²) in [6.07, 6.45) is 2.73. The molecule has 2 aromatic heterocycles. The van der Waals surface area contributed by atoms with E-state index in [1.54, 1.807) is 38.1 Å². The molecule has 0 amide bonds. The van der Waals surface area contributed by atoms with E-state index in [2.05, 4.69) is 20.0 Å². The van der Waals surface area contributed by atoms with Gasteiger partial charge in [0, 0.05) is 0 Å². The Kier molecular flexibility index (Phi) is 9.67. The molecule has 0 spiro atoms. The van der Waals surface area contributed by atoms with Crippen LogP contribution in [0.2, 0.25) is 0 Å². The van der Waals surface area contributed by atoms with Crippen molar-refractivity contribution >= 4 is 35.6 Å². The van der Waals surface area contributed by atoms with Crippen molar-refractivity contribution in [1.29, 1.82) is 0 Å². The van der Waals surface area contributed by atoms with Crippen LogP contribution < -0.4 is 14.3 Å². The molecule has 15 heteroatoms. The van der Waals surface area contributed by atoms with E-state index < -0.39 is 42.7 Å². The first-order chi connectivity index (χ1) is 20.5. The van der Waals surface area contributed by atoms with Crippen LogP contribution in [0.1, 0.15) is 58.0 Å². The van der Waals surface area contributed by atoms with Gasteiger partial charge in [0.05, 0.1) is 20.0 Å². The molecule has 2 aliphatic rings. The summed E-state index contributed by atoms with van der Waals surface area (Å²) in [4.78, 5) is 26.0. The van der Waals surface area contributed by atoms with Crippen molar-refractivity contribution in [3.8, 4) is 11.6 Å². The molecule has 3 N–H and O–H groups in total. The number of methoxy groups -OCH3 is 1. The van der Waals surface area contributed by atoms with E-state index in [-0.39, 0.29) is 18.6 Å². The van der Waals surface area contributed by atoms with Crippen LogP contribution in [-0.2, 0) is 30.6 Å². The Morgan fingerprint density at radius 3 is 2.67 bits per heavy atom. The molecule has 1 aliphatic carbocycles. The average Bonchev–Trinajstić information content (AvgIpc) is 3.49. The molecule has 234 valence electrons. The van der Waals surface area contributed by atoms with E-state index in [9.17, 15) is 15.0 Å². The van der Waals surface area contributed by atoms with Gasteiger partial charge in [-0.1, -0.05) is 24.6 Å². The van der Waals surface area contributed by atoms with Gasteiger partial charge in [0.25, 0.3) is 0 Å². The van der Waals surface area contributed by atoms with Gasteiger partial charge in [0.15, 0.2) is 17.4 Å². The fourth-order valence-electron chi connectivity index (χ4n) is 5.31. The van der Waals surface area contributed by atoms with Gasteiger partial charge >= 0.3 is 12.6 Å². The number of hydrogen-bond acceptors (Lipinski definition) is 12. The van der Waals surface area contributed by atoms with Gasteiger partial charge in [-0.3, -0.25) is 9.36 Å². The smallest absolute Gasteiger partial charge is 0.323 e. The number of hydrogen-bond donors (Lipinski definition) is 3. The van der Waals surface area contributed by atoms with E-state index in [0.29, 0.717) is 22.7 Å². The molecule has 1 saturated carbocycles. The Balaban J connectivity index is 1.33. The zero-order valence-electron chi connectivity index (χ0n) is 24.6. The fourth-order valence-corrected chi connectivity index (χ4v) is 7.72. The molecule has 13 nitrogen and oxygen atoms in total. The number of ether oxygens (including phenoxy) is 3. The highest BCUT2D eigenvalue weighted by molar-refractivity contribution is 8.09. The zero-order valence-corrected chi connectivity index (χ0v) is 26.3. The number of benzene rings is 1. The molecule has 2 fully saturated rings. The van der Waals surface area contributed by atoms with Crippen LogP contribution >= 0.6 is 6.64 Å². The summed E-state index contributed by atoms with van der Waals surface area (Å²) < 4.78 is 30.9. The SMILES string of the molecule is COc1nc(C)nc2c1ncn2[C@@H]1O[C@H](COP(=S)(NC(C)C(=O)OC2CCCCC2)Oc2ccccc2)[C@@H](O)[C@@]1(C)O. The third kappa shape index (κ3) is 7.01. The molecule has 3 heterocycles. The molecule has 2 unspecified atom stereocenters. The summed E-state index contributed by atoms with van der Waals surface area (Å²) in [6, 6.07) is 8.04. The van der Waals surface area contributed by atoms with Gasteiger partial charge in [0.1, 0.15) is 41.5 Å². The summed E-state index contributed by atoms with van der Waals surface area (Å²) in [7, 11) is 1.48. The number of carbonyl (C=O) groups is 1. The first-order valence-corrected chi connectivity index (χ1v) is 16.9. The highest BCUT2D eigenvalue weighted by Crippen LogP contribution is 2.47. The van der Waals surface area contributed by atoms with Gasteiger partial charge in [-0.25, -0.2) is 15.1 Å². The van der Waals surface area contributed by atoms with Crippen LogP contribution in [0.5, 0.6) is 11.6 Å². The number of para-hydroxylation sites is 1. The van der Waals surface area contributed by atoms with Gasteiger partial charge in [-0.15, -0.1) is 0 Å². The Morgan fingerprint density at radius 2 is 1.98 bits per heavy atom. The van der Waals surface area contributed by atoms with Crippen LogP contribution in [-0.4, -0.2) is 79.4 Å². The summed E-state index contributed by atoms with van der Waals surface area (Å²) in [5.41, 5.74) is -1.01. The second-order valence-electron chi connectivity index (χ2n) is 11.0. The van der Waals surface area contributed by atoms with Gasteiger partial charge in [-0.2, -0.15) is 4.98 Å². The maximum atomic E-state index is 12.9. The monoisotopic (exact) mass is 635 g/mol. The average molecular weight is 636 g/mol. The van der Waals surface area contributed by atoms with Crippen LogP contribution in [0.15, 0.2) is 36.7 Å². The van der Waals surface area contributed by atoms with E-state index in [0.717, 1.165) is 32.1 Å². The number of aliphatic hydroxyl groups is 2. The summed E-state index contributed by atoms with van der Waals surface area (Å²) in [5, 5.41) is 25.6. The minimum atomic E-state index is -3.41. The topological polar surface area (TPSA) is 159 Å². The Hall–Kier alpha value is -2.71. The highest BCUT2D eigenvalue weighted by Gasteiger charge is 2.54. The van der Waals surface area contributed by atoms with Crippen molar-refractivity contribution in [2.45, 2.75) is 89.1 Å². The van der Waals surface area contributed by atoms with Crippen molar-refractivity contribution in [3.63, 3.8) is 0 Å². The molecule has 1 saturated heterocycles. The summed E-state index contributed by atoms with van der Waals surface area (Å²) in [5.74, 6) is 0.712. The maximum Gasteiger partial charge on any atom is 0.323 e. The van der Waals surface area contributed by atoms with Crippen molar-refractivity contribution in [3.05, 3.63) is 42.5 Å². The van der Waals surface area contributed by atoms with Gasteiger partial charge in [-0.05, 0) is 70.4 Å². The molecule has 43 heavy (non-hydrogen) atoms. The van der Waals surface area contributed by atoms with E-state index in [4.69, 9.17) is 35.1 Å². The number of aliphatic hydroxyl groups excluding tert-OH is 1. The lowest BCUT2D eigenvalue weighted by Gasteiger charge is -2.29. The normalized spacial score (nSPS) is 26.6. The molecule has 5 rings (SSSR count). The maximum absolute atomic E-state index is 12.9. The third-order valence-electron chi connectivity index (χ3n) is 7.62. The lowest BCUT2D eigenvalue weighted by molar-refractivity contribution is -0.152. The largest absolute Gasteiger partial charge is 0.479 e. The number of carbonyl (C=O) groups excluding carboxylic acids is 1. The predicted octanol–water partition coefficient (Wildman–Crippen LogP) is 3.33. The number of aryl methyl sites for hydroxylation is 1. The standard InChI is InChI=1S/C28H38N5O8PS/c1-17(26(35)39-19-11-7-5-8-12-19)32-42(43,41-20-13-9-6-10-14-20)38-15-21-23(34)28(3,36)27(40-21)33-16-29-22-24(33)30-18(2)31-25(22)37-4/h6,9-10,13-14,16-17,19,21,23,27,34,36H,5,7-8,11-12,15H2,1-4H3,(H,32,43)/t17?,21-,23-,27-,28-,42?/m1/s1. The first-order valence-electron chi connectivity index (χ1n) is 14.3. The number of nitrogens with one attached hydrogen (secondary N) is 1. The molecule has 3 aromatic rings. The Bertz CT molecular complexity index is 1470. The van der Waals surface area contributed by atoms with Crippen LogP contribution in [0, 0.1) is 6.92 Å². The minimum Gasteiger partial charge on any atom is -0.479 e. The quantitative estimate of drug-likeness (QED) is 0.208. The number of imidazole rings is 1. The molecular weight excluding hydrogens is 597 g/mol. The number of nitrogens with zero attached hydrogens (tertiary/aromatic N) is 4. The lowest BCUT2D eigenvalue weighted by Crippen LogP contribution is -2.44. The molecule has 1 aliphatic heterocycles. The molecule has 6 atom stereocenters. The number of fused-ring (bicyclic) bond motifs is 1. The zero-order chi connectivity index (χ0) is 30.8. The van der Waals surface area contributed by atoms with E-state index in [1.165, 1.54) is 24.9 Å². The predicted molar refractivity (Wildman–Crippen MR) is 160 cm³/mol. The van der Waals surface area contributed by atoms with Crippen molar-refractivity contribution in [1.82, 2.24) is 24.6 Å². The first kappa shape index (κ1) is 31.7. The molecule has 0 radical (unpaired) electrons. The lowest BCUT2D eigenvalue weighted by atomic mass is 9.96. The minimum absolute atomic E-state index is 0.117. The molecule has 1 aromatic carbocycles. The van der Waals surface area contributed by atoms with Crippen molar-refractivity contribution in [2.75, 3.05) is 13.7 Å². The Morgan fingerprint density at radius 1 is 1.26 bits per heavy atom. The van der Waals surface area contributed by atoms with Gasteiger partial charge in [0.2, 0.25) is 5.88 Å². The van der Waals surface area contributed by atoms with Crippen molar-refractivity contribution < 1.29 is 38.3 Å². The number of rotatable bonds is 11. The fraction of sp³-hybridized carbons (Fsp3) is 0.571. The van der Waals surface area contributed by atoms with Crippen LogP contribution in [0.25, 0.3) is 11.2 Å². The third-order valence-corrected chi connectivity index (χ3v) is 10.1. The van der Waals surface area contributed by atoms with E-state index >= 15 is 0 Å². The summed E-state index contributed by atoms with van der Waals surface area (Å²) >= 11 is 5.83. The summed E-state index contributed by atoms with van der Waals surface area (Å²) in [6.45, 7) is 1.15. The molecular formula is C28H38N5O8PS. The highest BCUT2D eigenvalue weighted by atomic mass is 32.5. The second kappa shape index (κ2) is 13.1. The van der Waals surface area contributed by atoms with Crippen LogP contribution in [0.3, 0.4) is 0 Å². The number of aromatic nitrogens is 4. The second-order valence-corrected chi connectivity index (χ2v) is 14.2. The van der Waals surface area contributed by atoms with Gasteiger partial charge < -0.3 is 33.5 Å². The Labute approximate surface area is 255 Å². The van der Waals surface area contributed by atoms with E-state index in [1.807, 2.05) is 6.07 Å². The van der Waals surface area contributed by atoms with Crippen LogP contribution in [0.4, 0.5) is 0 Å². The molecule has 0 bridgehead atoms.